The van der Waals surface area contributed by atoms with E-state index in [4.69, 9.17) is 5.73 Å². The minimum atomic E-state index is -3.22. The van der Waals surface area contributed by atoms with Crippen molar-refractivity contribution >= 4 is 15.7 Å². The van der Waals surface area contributed by atoms with Crippen molar-refractivity contribution in [3.8, 4) is 17.2 Å². The molecule has 0 spiro atoms. The molecule has 0 saturated heterocycles. The molecule has 2 aromatic carbocycles. The van der Waals surface area contributed by atoms with Gasteiger partial charge in [-0.15, -0.1) is 0 Å². The summed E-state index contributed by atoms with van der Waals surface area (Å²) >= 11 is 0. The molecular formula is C24H29N3O3S. The summed E-state index contributed by atoms with van der Waals surface area (Å²) in [7, 11) is -3.22. The number of rotatable bonds is 7. The second-order valence-corrected chi connectivity index (χ2v) is 10.5. The van der Waals surface area contributed by atoms with Crippen LogP contribution < -0.4 is 11.1 Å². The number of hydrogen-bond donors (Lipinski definition) is 2. The fraction of sp³-hybridized carbons (Fsp3) is 0.417. The number of nitrogens with two attached hydrogens (primary N) is 1. The maximum atomic E-state index is 12.6. The standard InChI is InChI=1S/C24H29N3O3S/c1-2-31(29,30)22-12-10-20(11-13-22)19-8-6-18(7-9-19)16-21(17-25)27-23(28)24(26)14-4-3-5-15-24/h6-13,21H,2-5,14-16,26H2,1H3,(H,27,28). The number of carbonyl (C=O) groups is 1. The summed E-state index contributed by atoms with van der Waals surface area (Å²) in [5.74, 6) is -0.166. The molecule has 164 valence electrons. The monoisotopic (exact) mass is 439 g/mol. The SMILES string of the molecule is CCS(=O)(=O)c1ccc(-c2ccc(CC(C#N)NC(=O)C3(N)CCCCC3)cc2)cc1. The number of benzene rings is 2. The van der Waals surface area contributed by atoms with Crippen molar-refractivity contribution in [2.24, 2.45) is 5.73 Å². The number of amides is 1. The van der Waals surface area contributed by atoms with E-state index in [1.165, 1.54) is 0 Å². The number of nitrogens with one attached hydrogen (secondary N) is 1. The van der Waals surface area contributed by atoms with Gasteiger partial charge in [-0.1, -0.05) is 62.6 Å². The third-order valence-electron chi connectivity index (χ3n) is 5.98. The predicted molar refractivity (Wildman–Crippen MR) is 121 cm³/mol. The van der Waals surface area contributed by atoms with Crippen LogP contribution in [-0.2, 0) is 21.1 Å². The van der Waals surface area contributed by atoms with Gasteiger partial charge >= 0.3 is 0 Å². The van der Waals surface area contributed by atoms with Crippen molar-refractivity contribution in [1.82, 2.24) is 5.32 Å². The highest BCUT2D eigenvalue weighted by Crippen LogP contribution is 2.26. The Hall–Kier alpha value is -2.69. The van der Waals surface area contributed by atoms with E-state index in [9.17, 15) is 18.5 Å². The zero-order valence-corrected chi connectivity index (χ0v) is 18.6. The minimum Gasteiger partial charge on any atom is -0.338 e. The highest BCUT2D eigenvalue weighted by atomic mass is 32.2. The fourth-order valence-corrected chi connectivity index (χ4v) is 4.82. The normalized spacial score (nSPS) is 16.8. The molecular weight excluding hydrogens is 410 g/mol. The van der Waals surface area contributed by atoms with Crippen LogP contribution in [0.5, 0.6) is 0 Å². The Labute approximate surface area is 184 Å². The largest absolute Gasteiger partial charge is 0.338 e. The third kappa shape index (κ3) is 5.52. The molecule has 3 N–H and O–H groups in total. The molecule has 1 unspecified atom stereocenters. The molecule has 1 amide bonds. The minimum absolute atomic E-state index is 0.0723. The first-order chi connectivity index (χ1) is 14.8. The third-order valence-corrected chi connectivity index (χ3v) is 7.73. The van der Waals surface area contributed by atoms with E-state index >= 15 is 0 Å². The first-order valence-corrected chi connectivity index (χ1v) is 12.3. The van der Waals surface area contributed by atoms with E-state index in [2.05, 4.69) is 11.4 Å². The van der Waals surface area contributed by atoms with Crippen molar-refractivity contribution in [2.45, 2.75) is 61.9 Å². The Balaban J connectivity index is 1.65. The number of nitrogens with zero attached hydrogens (tertiary/aromatic N) is 1. The Morgan fingerprint density at radius 3 is 2.13 bits per heavy atom. The highest BCUT2D eigenvalue weighted by molar-refractivity contribution is 7.91. The second-order valence-electron chi connectivity index (χ2n) is 8.20. The second kappa shape index (κ2) is 9.63. The van der Waals surface area contributed by atoms with Gasteiger partial charge < -0.3 is 11.1 Å². The van der Waals surface area contributed by atoms with Gasteiger partial charge in [0, 0.05) is 6.42 Å². The van der Waals surface area contributed by atoms with Gasteiger partial charge in [-0.05, 0) is 41.7 Å². The van der Waals surface area contributed by atoms with Crippen molar-refractivity contribution in [3.63, 3.8) is 0 Å². The van der Waals surface area contributed by atoms with Crippen LogP contribution in [0.4, 0.5) is 0 Å². The lowest BCUT2D eigenvalue weighted by molar-refractivity contribution is -0.127. The van der Waals surface area contributed by atoms with Crippen LogP contribution in [0.3, 0.4) is 0 Å². The Kier molecular flexibility index (Phi) is 7.14. The molecule has 1 aliphatic carbocycles. The van der Waals surface area contributed by atoms with Crippen LogP contribution in [0.25, 0.3) is 11.1 Å². The first-order valence-electron chi connectivity index (χ1n) is 10.7. The van der Waals surface area contributed by atoms with Crippen LogP contribution in [-0.4, -0.2) is 31.7 Å². The van der Waals surface area contributed by atoms with Crippen LogP contribution >= 0.6 is 0 Å². The number of nitriles is 1. The first kappa shape index (κ1) is 23.0. The van der Waals surface area contributed by atoms with E-state index in [-0.39, 0.29) is 11.7 Å². The van der Waals surface area contributed by atoms with Gasteiger partial charge in [0.15, 0.2) is 9.84 Å². The van der Waals surface area contributed by atoms with E-state index in [1.54, 1.807) is 31.2 Å². The van der Waals surface area contributed by atoms with Crippen molar-refractivity contribution in [2.75, 3.05) is 5.75 Å². The molecule has 1 fully saturated rings. The lowest BCUT2D eigenvalue weighted by atomic mass is 9.81. The van der Waals surface area contributed by atoms with Crippen molar-refractivity contribution in [3.05, 3.63) is 54.1 Å². The van der Waals surface area contributed by atoms with Crippen LogP contribution in [0.2, 0.25) is 0 Å². The van der Waals surface area contributed by atoms with E-state index in [0.717, 1.165) is 36.0 Å². The van der Waals surface area contributed by atoms with Crippen molar-refractivity contribution < 1.29 is 13.2 Å². The quantitative estimate of drug-likeness (QED) is 0.687. The van der Waals surface area contributed by atoms with Crippen LogP contribution in [0, 0.1) is 11.3 Å². The molecule has 0 aromatic heterocycles. The average Bonchev–Trinajstić information content (AvgIpc) is 2.79. The van der Waals surface area contributed by atoms with Gasteiger partial charge in [-0.25, -0.2) is 8.42 Å². The zero-order valence-electron chi connectivity index (χ0n) is 17.8. The lowest BCUT2D eigenvalue weighted by Gasteiger charge is -2.32. The zero-order chi connectivity index (χ0) is 22.5. The van der Waals surface area contributed by atoms with Crippen LogP contribution in [0.15, 0.2) is 53.4 Å². The van der Waals surface area contributed by atoms with E-state index < -0.39 is 21.4 Å². The summed E-state index contributed by atoms with van der Waals surface area (Å²) in [6, 6.07) is 16.1. The lowest BCUT2D eigenvalue weighted by Crippen LogP contribution is -2.57. The summed E-state index contributed by atoms with van der Waals surface area (Å²) in [4.78, 5) is 12.9. The van der Waals surface area contributed by atoms with E-state index in [0.29, 0.717) is 24.2 Å². The molecule has 1 aliphatic rings. The summed E-state index contributed by atoms with van der Waals surface area (Å²) in [6.07, 6.45) is 4.68. The van der Waals surface area contributed by atoms with Gasteiger partial charge in [-0.2, -0.15) is 5.26 Å². The molecule has 0 heterocycles. The Bertz CT molecular complexity index is 1050. The maximum Gasteiger partial charge on any atom is 0.241 e. The van der Waals surface area contributed by atoms with Crippen LogP contribution in [0.1, 0.15) is 44.6 Å². The van der Waals surface area contributed by atoms with Gasteiger partial charge in [0.05, 0.1) is 22.3 Å². The number of hydrogen-bond acceptors (Lipinski definition) is 5. The molecule has 0 radical (unpaired) electrons. The summed E-state index contributed by atoms with van der Waals surface area (Å²) in [5, 5.41) is 12.3. The summed E-state index contributed by atoms with van der Waals surface area (Å²) in [6.45, 7) is 1.63. The van der Waals surface area contributed by atoms with Gasteiger partial charge in [0.1, 0.15) is 6.04 Å². The molecule has 1 atom stereocenters. The molecule has 0 aliphatic heterocycles. The van der Waals surface area contributed by atoms with Gasteiger partial charge in [-0.3, -0.25) is 4.79 Å². The van der Waals surface area contributed by atoms with Gasteiger partial charge in [0.25, 0.3) is 0 Å². The van der Waals surface area contributed by atoms with Gasteiger partial charge in [0.2, 0.25) is 5.91 Å². The average molecular weight is 440 g/mol. The fourth-order valence-electron chi connectivity index (χ4n) is 3.93. The molecule has 7 heteroatoms. The summed E-state index contributed by atoms with van der Waals surface area (Å²) in [5.41, 5.74) is 8.19. The van der Waals surface area contributed by atoms with E-state index in [1.807, 2.05) is 24.3 Å². The predicted octanol–water partition coefficient (Wildman–Crippen LogP) is 3.36. The molecule has 2 aromatic rings. The molecule has 6 nitrogen and oxygen atoms in total. The molecule has 31 heavy (non-hydrogen) atoms. The Morgan fingerprint density at radius 1 is 1.06 bits per heavy atom. The number of sulfone groups is 1. The molecule has 3 rings (SSSR count). The number of carbonyl (C=O) groups excluding carboxylic acids is 1. The Morgan fingerprint density at radius 2 is 1.61 bits per heavy atom. The maximum absolute atomic E-state index is 12.6. The smallest absolute Gasteiger partial charge is 0.241 e. The topological polar surface area (TPSA) is 113 Å². The highest BCUT2D eigenvalue weighted by Gasteiger charge is 2.36. The summed E-state index contributed by atoms with van der Waals surface area (Å²) < 4.78 is 23.9. The molecule has 0 bridgehead atoms. The molecule has 1 saturated carbocycles. The van der Waals surface area contributed by atoms with Crippen molar-refractivity contribution in [1.29, 1.82) is 5.26 Å².